The van der Waals surface area contributed by atoms with Crippen LogP contribution in [0.25, 0.3) is 19.6 Å². The van der Waals surface area contributed by atoms with Crippen LogP contribution in [0.4, 0.5) is 17.3 Å². The number of benzene rings is 3. The van der Waals surface area contributed by atoms with Gasteiger partial charge in [0.1, 0.15) is 0 Å². The summed E-state index contributed by atoms with van der Waals surface area (Å²) in [5.74, 6) is 0. The molecule has 0 fully saturated rings. The maximum absolute atomic E-state index is 9.75. The molecular formula is C22H17BF4Se. The van der Waals surface area contributed by atoms with Gasteiger partial charge in [-0.2, -0.15) is 0 Å². The van der Waals surface area contributed by atoms with Crippen molar-refractivity contribution in [2.24, 2.45) is 0 Å². The molecule has 0 unspecified atom stereocenters. The Balaban J connectivity index is 0.000000403. The molecule has 0 saturated carbocycles. The van der Waals surface area contributed by atoms with Crippen molar-refractivity contribution in [2.75, 3.05) is 0 Å². The van der Waals surface area contributed by atoms with Crippen LogP contribution in [0.1, 0.15) is 11.1 Å². The summed E-state index contributed by atoms with van der Waals surface area (Å²) < 4.78 is 42.0. The summed E-state index contributed by atoms with van der Waals surface area (Å²) in [6, 6.07) is 32.8. The van der Waals surface area contributed by atoms with Gasteiger partial charge in [-0.05, 0) is 0 Å². The first-order chi connectivity index (χ1) is 13.4. The van der Waals surface area contributed by atoms with E-state index in [9.17, 15) is 17.3 Å². The first-order valence-corrected chi connectivity index (χ1v) is 10.4. The number of hydrogen-bond acceptors (Lipinski definition) is 0. The molecule has 0 aliphatic heterocycles. The van der Waals surface area contributed by atoms with Crippen LogP contribution in [0.2, 0.25) is 0 Å². The van der Waals surface area contributed by atoms with Crippen LogP contribution in [0.5, 0.6) is 0 Å². The Labute approximate surface area is 167 Å². The standard InChI is InChI=1S/C22H17Se.BF4/c1-3-9-17(10-4-1)15-19-16-22(18-11-5-2-6-12-18)23-21-14-8-7-13-20(19)21;2-1(3,4)5/h1-14,16H,15H2;/q+1;-1. The van der Waals surface area contributed by atoms with Crippen molar-refractivity contribution in [3.8, 4) is 10.0 Å². The SMILES string of the molecule is F[B-](F)(F)F.c1ccc(Cc2cc(-c3ccccc3)[se+]c3ccccc23)cc1. The quantitative estimate of drug-likeness (QED) is 0.241. The summed E-state index contributed by atoms with van der Waals surface area (Å²) in [5, 5.41) is 1.43. The van der Waals surface area contributed by atoms with Gasteiger partial charge in [0.25, 0.3) is 0 Å². The van der Waals surface area contributed by atoms with Gasteiger partial charge in [0.05, 0.1) is 0 Å². The number of rotatable bonds is 3. The third-order valence-corrected chi connectivity index (χ3v) is 6.47. The van der Waals surface area contributed by atoms with Crippen molar-refractivity contribution in [3.05, 3.63) is 102 Å². The summed E-state index contributed by atoms with van der Waals surface area (Å²) in [4.78, 5) is 0. The molecule has 0 bridgehead atoms. The van der Waals surface area contributed by atoms with E-state index in [1.165, 1.54) is 30.8 Å². The summed E-state index contributed by atoms with van der Waals surface area (Å²) in [6.45, 7) is 0. The van der Waals surface area contributed by atoms with E-state index < -0.39 is 7.25 Å². The molecule has 1 aromatic heterocycles. The van der Waals surface area contributed by atoms with Gasteiger partial charge in [0.2, 0.25) is 0 Å². The Morgan fingerprint density at radius 1 is 0.679 bits per heavy atom. The second kappa shape index (κ2) is 9.18. The molecule has 142 valence electrons. The van der Waals surface area contributed by atoms with Crippen LogP contribution in [0.3, 0.4) is 0 Å². The van der Waals surface area contributed by atoms with Crippen molar-refractivity contribution < 1.29 is 17.3 Å². The summed E-state index contributed by atoms with van der Waals surface area (Å²) >= 11 is 0.373. The normalized spacial score (nSPS) is 11.0. The molecule has 0 N–H and O–H groups in total. The fraction of sp³-hybridized carbons (Fsp3) is 0.0455. The second-order valence-corrected chi connectivity index (χ2v) is 8.43. The van der Waals surface area contributed by atoms with E-state index in [1.54, 1.807) is 0 Å². The van der Waals surface area contributed by atoms with Crippen molar-refractivity contribution in [1.82, 2.24) is 0 Å². The van der Waals surface area contributed by atoms with Crippen molar-refractivity contribution in [2.45, 2.75) is 6.42 Å². The molecule has 4 aromatic rings. The third kappa shape index (κ3) is 6.05. The zero-order valence-electron chi connectivity index (χ0n) is 14.9. The monoisotopic (exact) mass is 448 g/mol. The van der Waals surface area contributed by atoms with Gasteiger partial charge in [0.15, 0.2) is 0 Å². The molecule has 0 aliphatic carbocycles. The summed E-state index contributed by atoms with van der Waals surface area (Å²) in [6.07, 6.45) is 0.990. The minimum absolute atomic E-state index is 0.373. The van der Waals surface area contributed by atoms with E-state index in [4.69, 9.17) is 0 Å². The van der Waals surface area contributed by atoms with E-state index in [2.05, 4.69) is 91.0 Å². The molecule has 0 nitrogen and oxygen atoms in total. The Kier molecular flexibility index (Phi) is 6.66. The molecule has 0 atom stereocenters. The first kappa shape index (κ1) is 20.3. The second-order valence-electron chi connectivity index (χ2n) is 6.16. The minimum atomic E-state index is -6.00. The van der Waals surface area contributed by atoms with Gasteiger partial charge in [0, 0.05) is 0 Å². The topological polar surface area (TPSA) is 0 Å². The van der Waals surface area contributed by atoms with E-state index in [0.29, 0.717) is 14.5 Å². The molecule has 0 radical (unpaired) electrons. The van der Waals surface area contributed by atoms with Crippen molar-refractivity contribution in [3.63, 3.8) is 0 Å². The van der Waals surface area contributed by atoms with Gasteiger partial charge in [-0.3, -0.25) is 0 Å². The molecular weight excluding hydrogens is 430 g/mol. The molecule has 0 saturated heterocycles. The Bertz CT molecular complexity index is 1030. The fourth-order valence-electron chi connectivity index (χ4n) is 2.91. The zero-order valence-corrected chi connectivity index (χ0v) is 16.6. The van der Waals surface area contributed by atoms with Gasteiger partial charge < -0.3 is 17.3 Å². The Hall–Kier alpha value is -2.43. The molecule has 1 heterocycles. The van der Waals surface area contributed by atoms with Gasteiger partial charge in [-0.1, -0.05) is 0 Å². The van der Waals surface area contributed by atoms with Crippen LogP contribution < -0.4 is 0 Å². The molecule has 0 aliphatic rings. The van der Waals surface area contributed by atoms with Gasteiger partial charge in [-0.25, -0.2) is 0 Å². The van der Waals surface area contributed by atoms with Crippen molar-refractivity contribution in [1.29, 1.82) is 0 Å². The van der Waals surface area contributed by atoms with Crippen LogP contribution in [-0.4, -0.2) is 21.8 Å². The van der Waals surface area contributed by atoms with E-state index >= 15 is 0 Å². The van der Waals surface area contributed by atoms with Crippen LogP contribution in [0.15, 0.2) is 91.0 Å². The van der Waals surface area contributed by atoms with Crippen LogP contribution in [-0.2, 0) is 6.42 Å². The number of hydrogen-bond donors (Lipinski definition) is 0. The van der Waals surface area contributed by atoms with Gasteiger partial charge >= 0.3 is 150 Å². The Morgan fingerprint density at radius 2 is 1.21 bits per heavy atom. The number of halogens is 4. The summed E-state index contributed by atoms with van der Waals surface area (Å²) in [5.41, 5.74) is 4.15. The predicted molar refractivity (Wildman–Crippen MR) is 110 cm³/mol. The molecule has 3 aromatic carbocycles. The predicted octanol–water partition coefficient (Wildman–Crippen LogP) is 6.74. The Morgan fingerprint density at radius 3 is 1.86 bits per heavy atom. The fourth-order valence-corrected chi connectivity index (χ4v) is 5.32. The van der Waals surface area contributed by atoms with E-state index in [1.807, 2.05) is 0 Å². The number of fused-ring (bicyclic) bond motifs is 1. The molecule has 0 amide bonds. The first-order valence-electron chi connectivity index (χ1n) is 8.71. The van der Waals surface area contributed by atoms with Crippen LogP contribution in [0, 0.1) is 0 Å². The maximum atomic E-state index is 9.75. The molecule has 0 spiro atoms. The average Bonchev–Trinajstić information content (AvgIpc) is 2.68. The summed E-state index contributed by atoms with van der Waals surface area (Å²) in [7, 11) is -6.00. The van der Waals surface area contributed by atoms with Crippen molar-refractivity contribution >= 4 is 31.4 Å². The van der Waals surface area contributed by atoms with Crippen LogP contribution >= 0.6 is 0 Å². The molecule has 6 heteroatoms. The van der Waals surface area contributed by atoms with Gasteiger partial charge in [-0.15, -0.1) is 0 Å². The zero-order chi connectivity index (χ0) is 20.0. The average molecular weight is 447 g/mol. The molecule has 28 heavy (non-hydrogen) atoms. The van der Waals surface area contributed by atoms with E-state index in [-0.39, 0.29) is 0 Å². The molecule has 4 rings (SSSR count). The third-order valence-electron chi connectivity index (χ3n) is 4.05. The van der Waals surface area contributed by atoms with E-state index in [0.717, 1.165) is 6.42 Å².